The highest BCUT2D eigenvalue weighted by molar-refractivity contribution is 5.95. The number of aromatic nitrogens is 2. The van der Waals surface area contributed by atoms with Crippen LogP contribution < -0.4 is 10.2 Å². The fourth-order valence-electron chi connectivity index (χ4n) is 12.0. The summed E-state index contributed by atoms with van der Waals surface area (Å²) >= 11 is 0. The lowest BCUT2D eigenvalue weighted by Gasteiger charge is -2.54. The highest BCUT2D eigenvalue weighted by Crippen LogP contribution is 2.53. The summed E-state index contributed by atoms with van der Waals surface area (Å²) in [5.41, 5.74) is 3.40. The van der Waals surface area contributed by atoms with E-state index in [0.29, 0.717) is 67.4 Å². The minimum absolute atomic E-state index is 0.0172. The normalized spacial score (nSPS) is 25.5. The average Bonchev–Trinajstić information content (AvgIpc) is 3.67. The van der Waals surface area contributed by atoms with Crippen LogP contribution in [0.4, 0.5) is 15.5 Å². The molecule has 14 heteroatoms. The third-order valence-electron chi connectivity index (χ3n) is 15.5. The predicted octanol–water partition coefficient (Wildman–Crippen LogP) is 7.16. The van der Waals surface area contributed by atoms with Crippen molar-refractivity contribution in [3.05, 3.63) is 89.2 Å². The Labute approximate surface area is 385 Å². The summed E-state index contributed by atoms with van der Waals surface area (Å²) in [5.74, 6) is 5.09. The highest BCUT2D eigenvalue weighted by atomic mass is 16.2. The molecule has 0 radical (unpaired) electrons. The van der Waals surface area contributed by atoms with E-state index in [2.05, 4.69) is 20.2 Å². The van der Waals surface area contributed by atoms with Crippen molar-refractivity contribution in [2.45, 2.75) is 103 Å². The number of carbonyl (C=O) groups excluding carboxylic acids is 5. The molecule has 11 rings (SSSR count). The van der Waals surface area contributed by atoms with Gasteiger partial charge in [-0.1, -0.05) is 24.3 Å². The van der Waals surface area contributed by atoms with E-state index in [0.717, 1.165) is 54.5 Å². The molecule has 65 heavy (non-hydrogen) atoms. The van der Waals surface area contributed by atoms with Crippen LogP contribution >= 0.6 is 0 Å². The van der Waals surface area contributed by atoms with E-state index in [4.69, 9.17) is 0 Å². The molecule has 14 nitrogen and oxygen atoms in total. The Morgan fingerprint density at radius 2 is 1.11 bits per heavy atom. The van der Waals surface area contributed by atoms with Crippen molar-refractivity contribution in [1.82, 2.24) is 39.8 Å². The number of hydrogen-bond acceptors (Lipinski definition) is 7. The van der Waals surface area contributed by atoms with E-state index < -0.39 is 0 Å². The van der Waals surface area contributed by atoms with Crippen molar-refractivity contribution in [1.29, 1.82) is 0 Å². The number of amides is 7. The first-order valence-corrected chi connectivity index (χ1v) is 24.1. The largest absolute Gasteiger partial charge is 0.349 e. The number of rotatable bonds is 9. The summed E-state index contributed by atoms with van der Waals surface area (Å²) < 4.78 is 0. The molecule has 348 valence electrons. The van der Waals surface area contributed by atoms with Gasteiger partial charge < -0.3 is 29.8 Å². The zero-order valence-electron chi connectivity index (χ0n) is 39.1. The zero-order chi connectivity index (χ0) is 45.8. The third kappa shape index (κ3) is 11.0. The molecule has 0 unspecified atom stereocenters. The van der Waals surface area contributed by atoms with Gasteiger partial charge in [0.1, 0.15) is 0 Å². The van der Waals surface area contributed by atoms with Crippen LogP contribution in [-0.2, 0) is 17.9 Å². The van der Waals surface area contributed by atoms with Gasteiger partial charge in [-0.05, 0) is 148 Å². The van der Waals surface area contributed by atoms with E-state index >= 15 is 0 Å². The maximum absolute atomic E-state index is 13.1. The first-order chi connectivity index (χ1) is 31.3. The molecular formula is C51H69N9O5. The lowest BCUT2D eigenvalue weighted by atomic mass is 9.54. The zero-order valence-corrected chi connectivity index (χ0v) is 39.1. The number of benzene rings is 2. The van der Waals surface area contributed by atoms with Gasteiger partial charge in [-0.25, -0.2) is 19.6 Å². The number of likely N-dealkylation sites (tertiary alicyclic amines) is 1. The van der Waals surface area contributed by atoms with Crippen molar-refractivity contribution in [2.75, 3.05) is 59.3 Å². The molecular weight excluding hydrogens is 819 g/mol. The Kier molecular flexibility index (Phi) is 14.4. The number of nitrogens with zero attached hydrogens (tertiary/aromatic N) is 8. The monoisotopic (exact) mass is 888 g/mol. The van der Waals surface area contributed by atoms with Crippen LogP contribution in [0.5, 0.6) is 0 Å². The van der Waals surface area contributed by atoms with Gasteiger partial charge in [0.25, 0.3) is 11.8 Å². The molecule has 8 fully saturated rings. The van der Waals surface area contributed by atoms with Gasteiger partial charge in [-0.15, -0.1) is 0 Å². The van der Waals surface area contributed by atoms with Gasteiger partial charge in [-0.2, -0.15) is 0 Å². The lowest BCUT2D eigenvalue weighted by molar-refractivity contribution is -0.130. The van der Waals surface area contributed by atoms with Crippen molar-refractivity contribution < 1.29 is 24.0 Å². The molecule has 1 aromatic heterocycles. The fraction of sp³-hybridized carbons (Fsp3) is 0.588. The predicted molar refractivity (Wildman–Crippen MR) is 250 cm³/mol. The summed E-state index contributed by atoms with van der Waals surface area (Å²) in [6.45, 7) is 5.73. The summed E-state index contributed by atoms with van der Waals surface area (Å²) in [5, 5.41) is 3.37. The van der Waals surface area contributed by atoms with E-state index in [9.17, 15) is 24.0 Å². The van der Waals surface area contributed by atoms with Crippen LogP contribution in [0.2, 0.25) is 0 Å². The quantitative estimate of drug-likeness (QED) is 0.240. The number of carbonyl (C=O) groups is 5. The van der Waals surface area contributed by atoms with E-state index in [1.165, 1.54) is 62.7 Å². The molecule has 3 saturated heterocycles. The second-order valence-electron chi connectivity index (χ2n) is 20.2. The first kappa shape index (κ1) is 46.0. The summed E-state index contributed by atoms with van der Waals surface area (Å²) in [7, 11) is 7.07. The van der Waals surface area contributed by atoms with Gasteiger partial charge in [0.15, 0.2) is 0 Å². The number of urea groups is 2. The highest BCUT2D eigenvalue weighted by Gasteiger charge is 2.48. The number of nitrogens with one attached hydrogen (secondary N) is 1. The van der Waals surface area contributed by atoms with Crippen molar-refractivity contribution in [2.24, 2.45) is 35.5 Å². The van der Waals surface area contributed by atoms with Crippen molar-refractivity contribution in [3.8, 4) is 0 Å². The van der Waals surface area contributed by atoms with Crippen LogP contribution in [0, 0.1) is 35.5 Å². The Morgan fingerprint density at radius 1 is 0.615 bits per heavy atom. The molecule has 1 N–H and O–H groups in total. The molecule has 7 amide bonds. The molecule has 3 aromatic rings. The first-order valence-electron chi connectivity index (χ1n) is 24.1. The Balaban J connectivity index is 0.000000177. The maximum atomic E-state index is 13.1. The maximum Gasteiger partial charge on any atom is 0.326 e. The molecule has 8 aliphatic rings. The van der Waals surface area contributed by atoms with Crippen LogP contribution in [-0.4, -0.2) is 131 Å². The number of hydrogen-bond donors (Lipinski definition) is 1. The van der Waals surface area contributed by atoms with Crippen LogP contribution in [0.15, 0.2) is 67.0 Å². The number of fused-ring (bicyclic) bond motifs is 4. The number of anilines is 1. The van der Waals surface area contributed by atoms with Crippen LogP contribution in [0.25, 0.3) is 0 Å². The molecule has 5 saturated carbocycles. The van der Waals surface area contributed by atoms with Crippen LogP contribution in [0.1, 0.15) is 109 Å². The second-order valence-corrected chi connectivity index (χ2v) is 20.2. The third-order valence-corrected chi connectivity index (χ3v) is 15.5. The average molecular weight is 888 g/mol. The fourth-order valence-corrected chi connectivity index (χ4v) is 12.0. The minimum atomic E-state index is -0.195. The summed E-state index contributed by atoms with van der Waals surface area (Å²) in [6.07, 6.45) is 16.5. The Bertz CT molecular complexity index is 2090. The van der Waals surface area contributed by atoms with Crippen molar-refractivity contribution >= 4 is 35.7 Å². The molecule has 0 atom stereocenters. The SMILES string of the molecule is CC(=O)N1CCC(N(C)C(=O)N(C)Cc2ccc(C(=O)N3CC4CCC(CC4)C3)cc2)CC1.CN(Cc1ccc(C(=O)NC2C3CC4CC(C3)CC2C4)cc1)C(=O)N(C)c1ncccn1. The Hall–Kier alpha value is -5.53. The summed E-state index contributed by atoms with van der Waals surface area (Å²) in [4.78, 5) is 81.9. The van der Waals surface area contributed by atoms with Crippen LogP contribution in [0.3, 0.4) is 0 Å². The minimum Gasteiger partial charge on any atom is -0.349 e. The van der Waals surface area contributed by atoms with E-state index in [-0.39, 0.29) is 35.8 Å². The van der Waals surface area contributed by atoms with E-state index in [1.807, 2.05) is 72.4 Å². The van der Waals surface area contributed by atoms with Crippen molar-refractivity contribution in [3.63, 3.8) is 0 Å². The van der Waals surface area contributed by atoms with Gasteiger partial charge in [0.2, 0.25) is 11.9 Å². The Morgan fingerprint density at radius 3 is 1.62 bits per heavy atom. The van der Waals surface area contributed by atoms with Gasteiger partial charge in [0.05, 0.1) is 0 Å². The van der Waals surface area contributed by atoms with E-state index in [1.54, 1.807) is 49.3 Å². The molecule has 4 heterocycles. The molecule has 5 aliphatic carbocycles. The summed E-state index contributed by atoms with van der Waals surface area (Å²) in [6, 6.07) is 17.3. The second kappa shape index (κ2) is 20.3. The molecule has 2 aromatic carbocycles. The van der Waals surface area contributed by atoms with Gasteiger partial charge in [0, 0.05) is 110 Å². The molecule has 6 bridgehead atoms. The topological polar surface area (TPSA) is 143 Å². The molecule has 0 spiro atoms. The van der Waals surface area contributed by atoms with Gasteiger partial charge >= 0.3 is 12.1 Å². The molecule has 3 aliphatic heterocycles. The van der Waals surface area contributed by atoms with Gasteiger partial charge in [-0.3, -0.25) is 19.3 Å². The lowest BCUT2D eigenvalue weighted by Crippen LogP contribution is -2.55. The smallest absolute Gasteiger partial charge is 0.326 e. The standard InChI is InChI=1S/C26H38N4O3.C25H31N5O2/c1-19(31)29-14-12-24(13-15-29)28(3)26(33)27(2)16-20-8-10-23(11-9-20)25(32)30-17-21-4-5-22(18-30)7-6-21;1-29(25(32)30(2)24-26-8-3-9-27-24)15-16-4-6-19(7-5-16)23(31)28-22-20-11-17-10-18(13-20)14-21(22)12-17/h8-11,21-22,24H,4-7,12-18H2,1-3H3;3-9,17-18,20-22H,10-15H2,1-2H3,(H,28,31). The number of piperidine rings is 1.